The molecule has 2 unspecified atom stereocenters. The summed E-state index contributed by atoms with van der Waals surface area (Å²) >= 11 is 6.56. The van der Waals surface area contributed by atoms with E-state index in [9.17, 15) is 27.9 Å². The van der Waals surface area contributed by atoms with Gasteiger partial charge in [-0.05, 0) is 75.5 Å². The van der Waals surface area contributed by atoms with Crippen LogP contribution in [-0.2, 0) is 10.4 Å². The first-order chi connectivity index (χ1) is 19.5. The molecule has 2 amide bonds. The molecule has 3 aliphatic rings. The molecule has 2 atom stereocenters. The number of nitrogens with zero attached hydrogens (tertiary/aromatic N) is 3. The molecule has 222 valence electrons. The maximum Gasteiger partial charge on any atom is 0.430 e. The third kappa shape index (κ3) is 5.80. The van der Waals surface area contributed by atoms with Crippen LogP contribution in [0.4, 0.5) is 18.9 Å². The van der Waals surface area contributed by atoms with Crippen molar-refractivity contribution in [2.75, 3.05) is 37.6 Å². The Morgan fingerprint density at radius 2 is 1.49 bits per heavy atom. The van der Waals surface area contributed by atoms with Crippen molar-refractivity contribution in [3.8, 4) is 0 Å². The molecule has 0 spiro atoms. The SMILES string of the molecule is CC1CCCN1C(=O)c1ccc(N2CCC(C3CCN(C(=O)C(O)(c4ccccc4)C(F)(F)F)CC3)CC2)cc1Cl. The smallest absolute Gasteiger partial charge is 0.371 e. The fourth-order valence-corrected chi connectivity index (χ4v) is 7.04. The van der Waals surface area contributed by atoms with Gasteiger partial charge in [0.2, 0.25) is 0 Å². The molecule has 0 saturated carbocycles. The van der Waals surface area contributed by atoms with Gasteiger partial charge >= 0.3 is 6.18 Å². The van der Waals surface area contributed by atoms with E-state index in [0.29, 0.717) is 35.3 Å². The highest BCUT2D eigenvalue weighted by atomic mass is 35.5. The van der Waals surface area contributed by atoms with Crippen LogP contribution in [-0.4, -0.2) is 71.7 Å². The Kier molecular flexibility index (Phi) is 8.58. The summed E-state index contributed by atoms with van der Waals surface area (Å²) in [6, 6.07) is 12.5. The first-order valence-corrected chi connectivity index (χ1v) is 14.9. The summed E-state index contributed by atoms with van der Waals surface area (Å²) < 4.78 is 41.9. The Balaban J connectivity index is 1.16. The standard InChI is InChI=1S/C31H37ClF3N3O3/c1-21-6-5-15-38(21)28(39)26-10-9-25(20-27(26)32)36-16-11-22(12-17-36)23-13-18-37(19-14-23)29(40)30(41,31(33,34)35)24-7-3-2-4-8-24/h2-4,7-10,20-23,41H,5-6,11-19H2,1H3. The van der Waals surface area contributed by atoms with Crippen molar-refractivity contribution in [1.29, 1.82) is 0 Å². The highest BCUT2D eigenvalue weighted by Gasteiger charge is 2.62. The lowest BCUT2D eigenvalue weighted by Gasteiger charge is -2.42. The van der Waals surface area contributed by atoms with E-state index in [4.69, 9.17) is 11.6 Å². The second-order valence-corrected chi connectivity index (χ2v) is 12.1. The Labute approximate surface area is 244 Å². The van der Waals surface area contributed by atoms with Gasteiger partial charge in [0.25, 0.3) is 17.4 Å². The number of piperidine rings is 2. The Morgan fingerprint density at radius 3 is 2.02 bits per heavy atom. The number of anilines is 1. The minimum Gasteiger partial charge on any atom is -0.371 e. The van der Waals surface area contributed by atoms with E-state index < -0.39 is 23.2 Å². The molecular weight excluding hydrogens is 555 g/mol. The number of amides is 2. The van der Waals surface area contributed by atoms with Crippen molar-refractivity contribution >= 4 is 29.1 Å². The number of hydrogen-bond acceptors (Lipinski definition) is 4. The van der Waals surface area contributed by atoms with Crippen LogP contribution in [0.3, 0.4) is 0 Å². The molecule has 6 nitrogen and oxygen atoms in total. The second kappa shape index (κ2) is 11.8. The largest absolute Gasteiger partial charge is 0.430 e. The molecule has 3 saturated heterocycles. The van der Waals surface area contributed by atoms with E-state index in [1.165, 1.54) is 17.0 Å². The van der Waals surface area contributed by atoms with Crippen LogP contribution in [0.15, 0.2) is 48.5 Å². The number of rotatable bonds is 5. The highest BCUT2D eigenvalue weighted by molar-refractivity contribution is 6.34. The second-order valence-electron chi connectivity index (χ2n) is 11.7. The number of halogens is 4. The highest BCUT2D eigenvalue weighted by Crippen LogP contribution is 2.42. The van der Waals surface area contributed by atoms with Crippen molar-refractivity contribution < 1.29 is 27.9 Å². The number of hydrogen-bond donors (Lipinski definition) is 1. The molecule has 1 N–H and O–H groups in total. The van der Waals surface area contributed by atoms with Crippen LogP contribution in [0.1, 0.15) is 61.4 Å². The molecule has 3 aliphatic heterocycles. The molecule has 41 heavy (non-hydrogen) atoms. The van der Waals surface area contributed by atoms with E-state index in [1.54, 1.807) is 6.07 Å². The van der Waals surface area contributed by atoms with Crippen LogP contribution < -0.4 is 4.90 Å². The van der Waals surface area contributed by atoms with Gasteiger partial charge in [-0.3, -0.25) is 9.59 Å². The number of aliphatic hydroxyl groups is 1. The average molecular weight is 592 g/mol. The normalized spacial score (nSPS) is 22.6. The number of carbonyl (C=O) groups is 2. The topological polar surface area (TPSA) is 64.1 Å². The zero-order valence-corrected chi connectivity index (χ0v) is 24.0. The molecule has 0 bridgehead atoms. The molecule has 0 radical (unpaired) electrons. The van der Waals surface area contributed by atoms with Crippen molar-refractivity contribution in [1.82, 2.24) is 9.80 Å². The molecule has 5 rings (SSSR count). The minimum atomic E-state index is -5.13. The summed E-state index contributed by atoms with van der Waals surface area (Å²) in [5.74, 6) is -0.606. The van der Waals surface area contributed by atoms with E-state index in [-0.39, 0.29) is 25.0 Å². The third-order valence-corrected chi connectivity index (χ3v) is 9.62. The van der Waals surface area contributed by atoms with Gasteiger partial charge in [0.15, 0.2) is 0 Å². The lowest BCUT2D eigenvalue weighted by Crippen LogP contribution is -2.57. The Morgan fingerprint density at radius 1 is 0.878 bits per heavy atom. The predicted molar refractivity (Wildman–Crippen MR) is 152 cm³/mol. The summed E-state index contributed by atoms with van der Waals surface area (Å²) in [6.45, 7) is 4.84. The Bertz CT molecular complexity index is 1240. The van der Waals surface area contributed by atoms with Crippen LogP contribution in [0.5, 0.6) is 0 Å². The molecule has 3 heterocycles. The summed E-state index contributed by atoms with van der Waals surface area (Å²) in [6.07, 6.45) is -0.0353. The molecule has 0 aliphatic carbocycles. The van der Waals surface area contributed by atoms with E-state index in [0.717, 1.165) is 63.1 Å². The van der Waals surface area contributed by atoms with Gasteiger partial charge in [-0.15, -0.1) is 0 Å². The van der Waals surface area contributed by atoms with Crippen LogP contribution >= 0.6 is 11.6 Å². The van der Waals surface area contributed by atoms with Crippen molar-refractivity contribution in [3.05, 3.63) is 64.7 Å². The van der Waals surface area contributed by atoms with Gasteiger partial charge in [-0.25, -0.2) is 0 Å². The average Bonchev–Trinajstić information content (AvgIpc) is 3.41. The van der Waals surface area contributed by atoms with Crippen molar-refractivity contribution in [2.45, 2.75) is 63.3 Å². The fraction of sp³-hybridized carbons (Fsp3) is 0.548. The number of benzene rings is 2. The third-order valence-electron chi connectivity index (χ3n) is 9.31. The maximum absolute atomic E-state index is 14.0. The van der Waals surface area contributed by atoms with Gasteiger partial charge < -0.3 is 19.8 Å². The van der Waals surface area contributed by atoms with E-state index >= 15 is 0 Å². The lowest BCUT2D eigenvalue weighted by molar-refractivity contribution is -0.262. The quantitative estimate of drug-likeness (QED) is 0.472. The zero-order chi connectivity index (χ0) is 29.4. The molecule has 0 aromatic heterocycles. The first kappa shape index (κ1) is 29.7. The Hall–Kier alpha value is -2.78. The van der Waals surface area contributed by atoms with E-state index in [2.05, 4.69) is 11.8 Å². The van der Waals surface area contributed by atoms with Gasteiger partial charge in [0.1, 0.15) is 0 Å². The summed E-state index contributed by atoms with van der Waals surface area (Å²) in [7, 11) is 0. The molecular formula is C31H37ClF3N3O3. The summed E-state index contributed by atoms with van der Waals surface area (Å²) in [5, 5.41) is 11.1. The fourth-order valence-electron chi connectivity index (χ4n) is 6.78. The van der Waals surface area contributed by atoms with Crippen LogP contribution in [0.2, 0.25) is 5.02 Å². The van der Waals surface area contributed by atoms with Gasteiger partial charge in [-0.2, -0.15) is 13.2 Å². The predicted octanol–water partition coefficient (Wildman–Crippen LogP) is 5.87. The maximum atomic E-state index is 14.0. The van der Waals surface area contributed by atoms with Gasteiger partial charge in [0.05, 0.1) is 10.6 Å². The van der Waals surface area contributed by atoms with Gasteiger partial charge in [-0.1, -0.05) is 41.9 Å². The van der Waals surface area contributed by atoms with Crippen molar-refractivity contribution in [3.63, 3.8) is 0 Å². The van der Waals surface area contributed by atoms with Crippen LogP contribution in [0, 0.1) is 11.8 Å². The van der Waals surface area contributed by atoms with E-state index in [1.807, 2.05) is 23.1 Å². The van der Waals surface area contributed by atoms with Gasteiger partial charge in [0, 0.05) is 50.0 Å². The van der Waals surface area contributed by atoms with Crippen LogP contribution in [0.25, 0.3) is 0 Å². The minimum absolute atomic E-state index is 0.0208. The monoisotopic (exact) mass is 591 g/mol. The zero-order valence-electron chi connectivity index (χ0n) is 23.2. The number of likely N-dealkylation sites (tertiary alicyclic amines) is 2. The molecule has 3 fully saturated rings. The molecule has 10 heteroatoms. The lowest BCUT2D eigenvalue weighted by atomic mass is 9.78. The molecule has 2 aromatic rings. The summed E-state index contributed by atoms with van der Waals surface area (Å²) in [4.78, 5) is 31.3. The molecule has 2 aromatic carbocycles. The number of carbonyl (C=O) groups excluding carboxylic acids is 2. The summed E-state index contributed by atoms with van der Waals surface area (Å²) in [5.41, 5.74) is -2.51. The first-order valence-electron chi connectivity index (χ1n) is 14.5. The van der Waals surface area contributed by atoms with Crippen molar-refractivity contribution in [2.24, 2.45) is 11.8 Å². The number of alkyl halides is 3.